The number of fused-ring (bicyclic) bond motifs is 3. The van der Waals surface area contributed by atoms with Gasteiger partial charge in [0.1, 0.15) is 0 Å². The second-order valence-corrected chi connectivity index (χ2v) is 7.82. The number of sulfonamides is 1. The first kappa shape index (κ1) is 16.4. The van der Waals surface area contributed by atoms with E-state index in [4.69, 9.17) is 5.11 Å². The average Bonchev–Trinajstić information content (AvgIpc) is 2.99. The fourth-order valence-electron chi connectivity index (χ4n) is 3.20. The lowest BCUT2D eigenvalue weighted by atomic mass is 10.1. The summed E-state index contributed by atoms with van der Waals surface area (Å²) in [6.07, 6.45) is 0.772. The van der Waals surface area contributed by atoms with E-state index >= 15 is 0 Å². The lowest BCUT2D eigenvalue weighted by Gasteiger charge is -2.10. The molecule has 0 aliphatic heterocycles. The van der Waals surface area contributed by atoms with Gasteiger partial charge in [-0.05, 0) is 65.1 Å². The molecule has 4 rings (SSSR count). The maximum Gasteiger partial charge on any atom is 0.335 e. The number of rotatable bonds is 4. The molecule has 26 heavy (non-hydrogen) atoms. The second-order valence-electron chi connectivity index (χ2n) is 6.14. The molecule has 0 aromatic heterocycles. The van der Waals surface area contributed by atoms with Crippen molar-refractivity contribution in [3.63, 3.8) is 0 Å². The van der Waals surface area contributed by atoms with Crippen LogP contribution in [-0.4, -0.2) is 19.5 Å². The van der Waals surface area contributed by atoms with Crippen molar-refractivity contribution in [3.8, 4) is 11.1 Å². The van der Waals surface area contributed by atoms with E-state index in [-0.39, 0.29) is 10.5 Å². The van der Waals surface area contributed by atoms with Crippen molar-refractivity contribution in [2.24, 2.45) is 0 Å². The van der Waals surface area contributed by atoms with Gasteiger partial charge in [0.05, 0.1) is 10.5 Å². The van der Waals surface area contributed by atoms with Crippen molar-refractivity contribution < 1.29 is 18.3 Å². The van der Waals surface area contributed by atoms with E-state index < -0.39 is 16.0 Å². The molecule has 0 saturated heterocycles. The summed E-state index contributed by atoms with van der Waals surface area (Å²) >= 11 is 0. The highest BCUT2D eigenvalue weighted by molar-refractivity contribution is 7.92. The van der Waals surface area contributed by atoms with E-state index in [1.807, 2.05) is 24.3 Å². The molecule has 0 fully saturated rings. The lowest BCUT2D eigenvalue weighted by molar-refractivity contribution is 0.0696. The van der Waals surface area contributed by atoms with E-state index in [2.05, 4.69) is 16.9 Å². The molecule has 0 bridgehead atoms. The molecule has 0 saturated carbocycles. The minimum atomic E-state index is -3.78. The quantitative estimate of drug-likeness (QED) is 0.577. The van der Waals surface area contributed by atoms with Gasteiger partial charge in [0.15, 0.2) is 0 Å². The minimum Gasteiger partial charge on any atom is -0.478 e. The first-order valence-electron chi connectivity index (χ1n) is 8.01. The summed E-state index contributed by atoms with van der Waals surface area (Å²) in [5, 5.41) is 8.91. The summed E-state index contributed by atoms with van der Waals surface area (Å²) in [4.78, 5) is 10.9. The largest absolute Gasteiger partial charge is 0.478 e. The van der Waals surface area contributed by atoms with Crippen LogP contribution in [0.4, 0.5) is 5.69 Å². The summed E-state index contributed by atoms with van der Waals surface area (Å²) in [5.74, 6) is -1.10. The van der Waals surface area contributed by atoms with Crippen LogP contribution >= 0.6 is 0 Å². The van der Waals surface area contributed by atoms with Gasteiger partial charge in [-0.2, -0.15) is 0 Å². The van der Waals surface area contributed by atoms with Crippen LogP contribution in [0.3, 0.4) is 0 Å². The molecular formula is C20H15NO4S. The van der Waals surface area contributed by atoms with Crippen LogP contribution in [0.25, 0.3) is 11.1 Å². The number of nitrogens with one attached hydrogen (secondary N) is 1. The summed E-state index contributed by atoms with van der Waals surface area (Å²) in [7, 11) is -3.78. The molecule has 130 valence electrons. The number of carbonyl (C=O) groups is 1. The van der Waals surface area contributed by atoms with Gasteiger partial charge in [-0.15, -0.1) is 0 Å². The van der Waals surface area contributed by atoms with Gasteiger partial charge in [0.25, 0.3) is 10.0 Å². The normalized spacial score (nSPS) is 12.3. The monoisotopic (exact) mass is 365 g/mol. The van der Waals surface area contributed by atoms with Gasteiger partial charge < -0.3 is 5.11 Å². The Balaban J connectivity index is 1.61. The third kappa shape index (κ3) is 2.84. The van der Waals surface area contributed by atoms with Crippen LogP contribution in [0.1, 0.15) is 21.5 Å². The molecule has 1 aliphatic carbocycles. The zero-order valence-electron chi connectivity index (χ0n) is 13.6. The molecule has 0 unspecified atom stereocenters. The van der Waals surface area contributed by atoms with E-state index in [0.717, 1.165) is 17.5 Å². The molecule has 0 amide bonds. The van der Waals surface area contributed by atoms with Crippen LogP contribution in [-0.2, 0) is 16.4 Å². The van der Waals surface area contributed by atoms with E-state index in [1.54, 1.807) is 6.07 Å². The van der Waals surface area contributed by atoms with Crippen LogP contribution in [0.15, 0.2) is 71.6 Å². The molecule has 3 aromatic rings. The Bertz CT molecular complexity index is 1120. The molecule has 0 heterocycles. The Kier molecular flexibility index (Phi) is 3.77. The van der Waals surface area contributed by atoms with E-state index in [0.29, 0.717) is 5.69 Å². The van der Waals surface area contributed by atoms with Crippen molar-refractivity contribution in [3.05, 3.63) is 83.4 Å². The number of carboxylic acid groups (broad SMARTS) is 1. The number of carboxylic acids is 1. The number of benzene rings is 3. The smallest absolute Gasteiger partial charge is 0.335 e. The van der Waals surface area contributed by atoms with Gasteiger partial charge in [-0.25, -0.2) is 13.2 Å². The first-order valence-corrected chi connectivity index (χ1v) is 9.50. The Morgan fingerprint density at radius 2 is 1.58 bits per heavy atom. The third-order valence-corrected chi connectivity index (χ3v) is 5.85. The van der Waals surface area contributed by atoms with Crippen molar-refractivity contribution >= 4 is 21.7 Å². The maximum absolute atomic E-state index is 12.5. The van der Waals surface area contributed by atoms with Crippen LogP contribution in [0.5, 0.6) is 0 Å². The number of hydrogen-bond donors (Lipinski definition) is 2. The van der Waals surface area contributed by atoms with Gasteiger partial charge in [0.2, 0.25) is 0 Å². The Hall–Kier alpha value is -3.12. The number of aromatic carboxylic acids is 1. The van der Waals surface area contributed by atoms with Crippen molar-refractivity contribution in [1.82, 2.24) is 0 Å². The van der Waals surface area contributed by atoms with Gasteiger partial charge >= 0.3 is 5.97 Å². The van der Waals surface area contributed by atoms with E-state index in [9.17, 15) is 13.2 Å². The molecular weight excluding hydrogens is 350 g/mol. The minimum absolute atomic E-state index is 0.0197. The first-order chi connectivity index (χ1) is 12.4. The summed E-state index contributed by atoms with van der Waals surface area (Å²) < 4.78 is 27.6. The standard InChI is InChI=1S/C20H15NO4S/c22-20(23)13-5-8-17(9-6-13)26(24,25)21-16-7-10-19-15(12-16)11-14-3-1-2-4-18(14)19/h1-10,12,21H,11H2,(H,22,23). The third-order valence-electron chi connectivity index (χ3n) is 4.46. The molecule has 0 spiro atoms. The molecule has 1 aliphatic rings. The van der Waals surface area contributed by atoms with Crippen LogP contribution < -0.4 is 4.72 Å². The fraction of sp³-hybridized carbons (Fsp3) is 0.0500. The Morgan fingerprint density at radius 1 is 0.885 bits per heavy atom. The predicted molar refractivity (Wildman–Crippen MR) is 98.9 cm³/mol. The summed E-state index contributed by atoms with van der Waals surface area (Å²) in [6.45, 7) is 0. The van der Waals surface area contributed by atoms with Crippen molar-refractivity contribution in [1.29, 1.82) is 0 Å². The van der Waals surface area contributed by atoms with Gasteiger partial charge in [-0.3, -0.25) is 4.72 Å². The summed E-state index contributed by atoms with van der Waals surface area (Å²) in [6, 6.07) is 18.8. The Morgan fingerprint density at radius 3 is 2.31 bits per heavy atom. The maximum atomic E-state index is 12.5. The molecule has 3 aromatic carbocycles. The van der Waals surface area contributed by atoms with Crippen molar-refractivity contribution in [2.75, 3.05) is 4.72 Å². The van der Waals surface area contributed by atoms with Crippen molar-refractivity contribution in [2.45, 2.75) is 11.3 Å². The highest BCUT2D eigenvalue weighted by Crippen LogP contribution is 2.37. The molecule has 5 nitrogen and oxygen atoms in total. The van der Waals surface area contributed by atoms with Crippen LogP contribution in [0.2, 0.25) is 0 Å². The molecule has 0 radical (unpaired) electrons. The summed E-state index contributed by atoms with van der Waals surface area (Å²) in [5.41, 5.74) is 5.13. The Labute approximate surface area is 151 Å². The second kappa shape index (κ2) is 6.00. The molecule has 2 N–H and O–H groups in total. The number of hydrogen-bond acceptors (Lipinski definition) is 3. The zero-order chi connectivity index (χ0) is 18.3. The van der Waals surface area contributed by atoms with Crippen LogP contribution in [0, 0.1) is 0 Å². The van der Waals surface area contributed by atoms with E-state index in [1.165, 1.54) is 35.4 Å². The zero-order valence-corrected chi connectivity index (χ0v) is 14.5. The lowest BCUT2D eigenvalue weighted by Crippen LogP contribution is -2.13. The highest BCUT2D eigenvalue weighted by atomic mass is 32.2. The predicted octanol–water partition coefficient (Wildman–Crippen LogP) is 3.76. The van der Waals surface area contributed by atoms with Gasteiger partial charge in [-0.1, -0.05) is 30.3 Å². The van der Waals surface area contributed by atoms with Gasteiger partial charge in [0, 0.05) is 5.69 Å². The number of anilines is 1. The molecule has 6 heteroatoms. The molecule has 0 atom stereocenters. The highest BCUT2D eigenvalue weighted by Gasteiger charge is 2.20. The fourth-order valence-corrected chi connectivity index (χ4v) is 4.25. The average molecular weight is 365 g/mol. The topological polar surface area (TPSA) is 83.5 Å². The SMILES string of the molecule is O=C(O)c1ccc(S(=O)(=O)Nc2ccc3c(c2)Cc2ccccc2-3)cc1.